The van der Waals surface area contributed by atoms with Crippen LogP contribution in [0.1, 0.15) is 18.1 Å². The second-order valence-corrected chi connectivity index (χ2v) is 5.01. The van der Waals surface area contributed by atoms with Gasteiger partial charge in [0.15, 0.2) is 0 Å². The number of thioether (sulfide) groups is 1. The van der Waals surface area contributed by atoms with E-state index in [1.165, 1.54) is 5.56 Å². The zero-order chi connectivity index (χ0) is 12.1. The molecule has 1 atom stereocenters. The molecule has 1 aromatic heterocycles. The van der Waals surface area contributed by atoms with Gasteiger partial charge in [0, 0.05) is 31.6 Å². The van der Waals surface area contributed by atoms with Gasteiger partial charge in [-0.3, -0.25) is 0 Å². The maximum atomic E-state index is 5.60. The summed E-state index contributed by atoms with van der Waals surface area (Å²) in [6.45, 7) is 4.86. The minimum atomic E-state index is 0.491. The highest BCUT2D eigenvalue weighted by Gasteiger charge is 2.12. The van der Waals surface area contributed by atoms with Crippen molar-refractivity contribution in [3.63, 3.8) is 0 Å². The Kier molecular flexibility index (Phi) is 5.09. The number of hydrogen-bond acceptors (Lipinski definition) is 4. The molecule has 0 aliphatic carbocycles. The molecule has 1 aromatic rings. The summed E-state index contributed by atoms with van der Waals surface area (Å²) < 4.78 is 0. The highest BCUT2D eigenvalue weighted by molar-refractivity contribution is 7.98. The second-order valence-electron chi connectivity index (χ2n) is 4.10. The Morgan fingerprint density at radius 1 is 1.56 bits per heavy atom. The van der Waals surface area contributed by atoms with Crippen LogP contribution in [0.5, 0.6) is 0 Å². The molecule has 2 N–H and O–H groups in total. The minimum Gasteiger partial charge on any atom is -0.356 e. The summed E-state index contributed by atoms with van der Waals surface area (Å²) in [5.41, 5.74) is 7.88. The summed E-state index contributed by atoms with van der Waals surface area (Å²) in [4.78, 5) is 6.72. The van der Waals surface area contributed by atoms with Gasteiger partial charge < -0.3 is 10.6 Å². The number of aromatic nitrogens is 1. The predicted molar refractivity (Wildman–Crippen MR) is 73.1 cm³/mol. The lowest BCUT2D eigenvalue weighted by Crippen LogP contribution is -2.32. The van der Waals surface area contributed by atoms with Crippen molar-refractivity contribution in [1.29, 1.82) is 0 Å². The third-order valence-electron chi connectivity index (χ3n) is 2.75. The van der Waals surface area contributed by atoms with E-state index in [0.717, 1.165) is 17.1 Å². The third kappa shape index (κ3) is 3.12. The van der Waals surface area contributed by atoms with E-state index in [4.69, 9.17) is 5.73 Å². The number of hydrogen-bond donors (Lipinski definition) is 1. The SMILES string of the molecule is CSCC(C)N(C)c1ncc(CN)cc1C. The molecule has 1 rings (SSSR count). The van der Waals surface area contributed by atoms with Crippen molar-refractivity contribution in [2.45, 2.75) is 26.4 Å². The van der Waals surface area contributed by atoms with Crippen molar-refractivity contribution in [2.24, 2.45) is 5.73 Å². The van der Waals surface area contributed by atoms with Crippen LogP contribution in [-0.2, 0) is 6.54 Å². The van der Waals surface area contributed by atoms with Crippen molar-refractivity contribution < 1.29 is 0 Å². The molecule has 0 aromatic carbocycles. The first-order chi connectivity index (χ1) is 7.60. The van der Waals surface area contributed by atoms with Gasteiger partial charge in [0.1, 0.15) is 5.82 Å². The molecule has 0 aliphatic heterocycles. The van der Waals surface area contributed by atoms with Gasteiger partial charge >= 0.3 is 0 Å². The molecule has 0 amide bonds. The van der Waals surface area contributed by atoms with Crippen LogP contribution in [0.15, 0.2) is 12.3 Å². The zero-order valence-corrected chi connectivity index (χ0v) is 11.3. The van der Waals surface area contributed by atoms with E-state index >= 15 is 0 Å². The van der Waals surface area contributed by atoms with Crippen LogP contribution in [0.3, 0.4) is 0 Å². The van der Waals surface area contributed by atoms with Crippen LogP contribution in [0.2, 0.25) is 0 Å². The highest BCUT2D eigenvalue weighted by atomic mass is 32.2. The summed E-state index contributed by atoms with van der Waals surface area (Å²) in [7, 11) is 2.10. The largest absolute Gasteiger partial charge is 0.356 e. The van der Waals surface area contributed by atoms with Gasteiger partial charge in [-0.25, -0.2) is 4.98 Å². The quantitative estimate of drug-likeness (QED) is 0.854. The average molecular weight is 239 g/mol. The number of nitrogens with zero attached hydrogens (tertiary/aromatic N) is 2. The Labute approximate surface area is 102 Å². The van der Waals surface area contributed by atoms with Crippen molar-refractivity contribution >= 4 is 17.6 Å². The Morgan fingerprint density at radius 2 is 2.25 bits per heavy atom. The van der Waals surface area contributed by atoms with E-state index in [1.54, 1.807) is 0 Å². The first-order valence-corrected chi connectivity index (χ1v) is 6.87. The van der Waals surface area contributed by atoms with Crippen LogP contribution >= 0.6 is 11.8 Å². The van der Waals surface area contributed by atoms with Crippen LogP contribution in [-0.4, -0.2) is 30.1 Å². The van der Waals surface area contributed by atoms with Gasteiger partial charge in [0.05, 0.1) is 0 Å². The molecule has 3 nitrogen and oxygen atoms in total. The summed E-state index contributed by atoms with van der Waals surface area (Å²) in [5.74, 6) is 2.16. The number of rotatable bonds is 5. The molecule has 0 fully saturated rings. The molecule has 0 bridgehead atoms. The molecule has 90 valence electrons. The zero-order valence-electron chi connectivity index (χ0n) is 10.5. The van der Waals surface area contributed by atoms with E-state index in [-0.39, 0.29) is 0 Å². The molecule has 0 aliphatic rings. The van der Waals surface area contributed by atoms with Gasteiger partial charge in [-0.15, -0.1) is 0 Å². The Bertz CT molecular complexity index is 341. The van der Waals surface area contributed by atoms with Crippen LogP contribution in [0.4, 0.5) is 5.82 Å². The Hall–Kier alpha value is -0.740. The lowest BCUT2D eigenvalue weighted by Gasteiger charge is -2.27. The van der Waals surface area contributed by atoms with Crippen LogP contribution in [0, 0.1) is 6.92 Å². The monoisotopic (exact) mass is 239 g/mol. The smallest absolute Gasteiger partial charge is 0.131 e. The van der Waals surface area contributed by atoms with Crippen molar-refractivity contribution in [3.8, 4) is 0 Å². The van der Waals surface area contributed by atoms with E-state index in [9.17, 15) is 0 Å². The number of pyridine rings is 1. The Morgan fingerprint density at radius 3 is 2.75 bits per heavy atom. The summed E-state index contributed by atoms with van der Waals surface area (Å²) >= 11 is 1.86. The first-order valence-electron chi connectivity index (χ1n) is 5.47. The molecular weight excluding hydrogens is 218 g/mol. The highest BCUT2D eigenvalue weighted by Crippen LogP contribution is 2.19. The lowest BCUT2D eigenvalue weighted by atomic mass is 10.2. The molecule has 0 saturated heterocycles. The van der Waals surface area contributed by atoms with Crippen LogP contribution in [0.25, 0.3) is 0 Å². The lowest BCUT2D eigenvalue weighted by molar-refractivity contribution is 0.749. The molecule has 0 saturated carbocycles. The predicted octanol–water partition coefficient (Wildman–Crippen LogP) is 2.04. The normalized spacial score (nSPS) is 12.6. The number of aryl methyl sites for hydroxylation is 1. The van der Waals surface area contributed by atoms with E-state index in [2.05, 4.69) is 43.1 Å². The maximum absolute atomic E-state index is 5.60. The van der Waals surface area contributed by atoms with Gasteiger partial charge in [-0.2, -0.15) is 11.8 Å². The topological polar surface area (TPSA) is 42.2 Å². The Balaban J connectivity index is 2.87. The summed E-state index contributed by atoms with van der Waals surface area (Å²) in [5, 5.41) is 0. The van der Waals surface area contributed by atoms with Gasteiger partial charge in [0.2, 0.25) is 0 Å². The molecule has 16 heavy (non-hydrogen) atoms. The van der Waals surface area contributed by atoms with Gasteiger partial charge in [-0.05, 0) is 37.3 Å². The number of anilines is 1. The fraction of sp³-hybridized carbons (Fsp3) is 0.583. The molecular formula is C12H21N3S. The molecule has 0 radical (unpaired) electrons. The summed E-state index contributed by atoms with van der Waals surface area (Å²) in [6.07, 6.45) is 3.99. The van der Waals surface area contributed by atoms with Crippen LogP contribution < -0.4 is 10.6 Å². The van der Waals surface area contributed by atoms with Crippen molar-refractivity contribution in [3.05, 3.63) is 23.4 Å². The van der Waals surface area contributed by atoms with Crippen molar-refractivity contribution in [2.75, 3.05) is 24.0 Å². The molecule has 4 heteroatoms. The van der Waals surface area contributed by atoms with Gasteiger partial charge in [0.25, 0.3) is 0 Å². The fourth-order valence-corrected chi connectivity index (χ4v) is 2.37. The van der Waals surface area contributed by atoms with Crippen molar-refractivity contribution in [1.82, 2.24) is 4.98 Å². The summed E-state index contributed by atoms with van der Waals surface area (Å²) in [6, 6.07) is 2.61. The van der Waals surface area contributed by atoms with E-state index < -0.39 is 0 Å². The minimum absolute atomic E-state index is 0.491. The number of nitrogens with two attached hydrogens (primary N) is 1. The maximum Gasteiger partial charge on any atom is 0.131 e. The average Bonchev–Trinajstić information content (AvgIpc) is 2.28. The molecule has 1 unspecified atom stereocenters. The third-order valence-corrected chi connectivity index (χ3v) is 3.56. The molecule has 1 heterocycles. The standard InChI is InChI=1S/C12H21N3S/c1-9-5-11(6-13)7-14-12(9)15(3)10(2)8-16-4/h5,7,10H,6,8,13H2,1-4H3. The molecule has 0 spiro atoms. The van der Waals surface area contributed by atoms with E-state index in [1.807, 2.05) is 18.0 Å². The van der Waals surface area contributed by atoms with E-state index in [0.29, 0.717) is 12.6 Å². The first kappa shape index (κ1) is 13.3. The fourth-order valence-electron chi connectivity index (χ4n) is 1.67. The second kappa shape index (κ2) is 6.11. The van der Waals surface area contributed by atoms with Gasteiger partial charge in [-0.1, -0.05) is 0 Å².